The molecule has 1 saturated heterocycles. The molecule has 2 aromatic rings. The number of rotatable bonds is 5. The zero-order valence-corrected chi connectivity index (χ0v) is 13.9. The summed E-state index contributed by atoms with van der Waals surface area (Å²) in [5.41, 5.74) is 2.32. The molecule has 3 heterocycles. The first kappa shape index (κ1) is 15.9. The number of nitrogens with one attached hydrogen (secondary N) is 1. The normalized spacial score (nSPS) is 15.9. The van der Waals surface area contributed by atoms with Gasteiger partial charge in [-0.25, -0.2) is 4.98 Å². The van der Waals surface area contributed by atoms with Crippen LogP contribution in [0.4, 0.5) is 11.5 Å². The third-order valence-corrected chi connectivity index (χ3v) is 4.59. The summed E-state index contributed by atoms with van der Waals surface area (Å²) in [5, 5.41) is 12.6. The Morgan fingerprint density at radius 2 is 2.09 bits per heavy atom. The van der Waals surface area contributed by atoms with Crippen LogP contribution in [0.1, 0.15) is 29.9 Å². The van der Waals surface area contributed by atoms with Crippen LogP contribution in [-0.4, -0.2) is 29.8 Å². The van der Waals surface area contributed by atoms with Crippen LogP contribution in [0.2, 0.25) is 0 Å². The number of hydrogen-bond acceptors (Lipinski definition) is 5. The fourth-order valence-electron chi connectivity index (χ4n) is 3.10. The third-order valence-electron chi connectivity index (χ3n) is 4.59. The van der Waals surface area contributed by atoms with Gasteiger partial charge in [-0.1, -0.05) is 0 Å². The second-order valence-electron chi connectivity index (χ2n) is 6.31. The van der Waals surface area contributed by atoms with Crippen molar-refractivity contribution in [1.29, 1.82) is 0 Å². The van der Waals surface area contributed by atoms with Gasteiger partial charge in [0, 0.05) is 31.8 Å². The van der Waals surface area contributed by atoms with E-state index < -0.39 is 0 Å². The first-order chi connectivity index (χ1) is 11.2. The number of furan rings is 1. The highest BCUT2D eigenvalue weighted by atomic mass is 16.3. The van der Waals surface area contributed by atoms with Crippen molar-refractivity contribution in [2.45, 2.75) is 33.2 Å². The lowest BCUT2D eigenvalue weighted by Crippen LogP contribution is -2.34. The Balaban J connectivity index is 1.56. The lowest BCUT2D eigenvalue weighted by atomic mass is 9.98. The van der Waals surface area contributed by atoms with E-state index in [1.807, 2.05) is 26.1 Å². The molecular weight excluding hydrogens is 290 g/mol. The van der Waals surface area contributed by atoms with Crippen LogP contribution in [0, 0.1) is 19.8 Å². The number of hydrogen-bond donors (Lipinski definition) is 2. The lowest BCUT2D eigenvalue weighted by molar-refractivity contribution is 0.203. The second kappa shape index (κ2) is 7.04. The molecule has 1 aliphatic heterocycles. The molecule has 1 fully saturated rings. The van der Waals surface area contributed by atoms with Crippen molar-refractivity contribution >= 4 is 11.5 Å². The quantitative estimate of drug-likeness (QED) is 0.888. The first-order valence-corrected chi connectivity index (χ1v) is 8.27. The predicted molar refractivity (Wildman–Crippen MR) is 91.8 cm³/mol. The molecule has 124 valence electrons. The monoisotopic (exact) mass is 315 g/mol. The van der Waals surface area contributed by atoms with Gasteiger partial charge in [0.25, 0.3) is 0 Å². The van der Waals surface area contributed by atoms with Crippen LogP contribution in [-0.2, 0) is 6.54 Å². The van der Waals surface area contributed by atoms with Gasteiger partial charge in [-0.2, -0.15) is 0 Å². The van der Waals surface area contributed by atoms with Gasteiger partial charge in [0.05, 0.1) is 11.9 Å². The van der Waals surface area contributed by atoms with E-state index in [0.717, 1.165) is 55.5 Å². The van der Waals surface area contributed by atoms with Crippen LogP contribution >= 0.6 is 0 Å². The van der Waals surface area contributed by atoms with Crippen molar-refractivity contribution in [2.75, 3.05) is 29.9 Å². The van der Waals surface area contributed by atoms with E-state index in [1.165, 1.54) is 5.56 Å². The minimum Gasteiger partial charge on any atom is -0.466 e. The lowest BCUT2D eigenvalue weighted by Gasteiger charge is -2.32. The summed E-state index contributed by atoms with van der Waals surface area (Å²) in [6.07, 6.45) is 4.03. The van der Waals surface area contributed by atoms with Gasteiger partial charge < -0.3 is 19.7 Å². The van der Waals surface area contributed by atoms with Gasteiger partial charge in [-0.3, -0.25) is 0 Å². The number of aliphatic hydroxyl groups is 1. The van der Waals surface area contributed by atoms with Crippen molar-refractivity contribution in [3.8, 4) is 0 Å². The Bertz CT molecular complexity index is 628. The molecule has 5 heteroatoms. The molecule has 0 radical (unpaired) electrons. The topological polar surface area (TPSA) is 61.5 Å². The van der Waals surface area contributed by atoms with Crippen molar-refractivity contribution < 1.29 is 9.52 Å². The molecule has 0 bridgehead atoms. The van der Waals surface area contributed by atoms with E-state index in [0.29, 0.717) is 12.5 Å². The van der Waals surface area contributed by atoms with Crippen molar-refractivity contribution in [3.63, 3.8) is 0 Å². The van der Waals surface area contributed by atoms with Gasteiger partial charge in [0.15, 0.2) is 0 Å². The minimum absolute atomic E-state index is 0.307. The van der Waals surface area contributed by atoms with Crippen molar-refractivity contribution in [3.05, 3.63) is 41.5 Å². The largest absolute Gasteiger partial charge is 0.466 e. The Labute approximate surface area is 137 Å². The number of aromatic nitrogens is 1. The summed E-state index contributed by atoms with van der Waals surface area (Å²) in [6.45, 7) is 6.96. The van der Waals surface area contributed by atoms with Gasteiger partial charge in [-0.15, -0.1) is 0 Å². The number of piperidine rings is 1. The molecule has 0 aliphatic carbocycles. The van der Waals surface area contributed by atoms with Crippen LogP contribution in [0.5, 0.6) is 0 Å². The number of nitrogens with zero attached hydrogens (tertiary/aromatic N) is 2. The van der Waals surface area contributed by atoms with E-state index >= 15 is 0 Å². The molecule has 2 N–H and O–H groups in total. The predicted octanol–water partition coefficient (Wildman–Crippen LogP) is 3.11. The zero-order chi connectivity index (χ0) is 16.2. The molecule has 0 amide bonds. The highest BCUT2D eigenvalue weighted by molar-refractivity contribution is 5.50. The molecule has 0 spiro atoms. The minimum atomic E-state index is 0.307. The molecule has 0 aromatic carbocycles. The maximum Gasteiger partial charge on any atom is 0.126 e. The summed E-state index contributed by atoms with van der Waals surface area (Å²) in [5.74, 6) is 3.23. The molecular formula is C18H25N3O2. The van der Waals surface area contributed by atoms with Gasteiger partial charge >= 0.3 is 0 Å². The summed E-state index contributed by atoms with van der Waals surface area (Å²) >= 11 is 0. The molecule has 0 unspecified atom stereocenters. The van der Waals surface area contributed by atoms with E-state index in [1.54, 1.807) is 0 Å². The van der Waals surface area contributed by atoms with Crippen LogP contribution < -0.4 is 10.2 Å². The number of aliphatic hydroxyl groups excluding tert-OH is 1. The molecule has 0 atom stereocenters. The Morgan fingerprint density at radius 1 is 1.30 bits per heavy atom. The number of anilines is 2. The SMILES string of the molecule is Cc1cc(CNc2ccc(N3CCC(CO)CC3)cn2)c(C)o1. The fraction of sp³-hybridized carbons (Fsp3) is 0.500. The third kappa shape index (κ3) is 3.85. The fourth-order valence-corrected chi connectivity index (χ4v) is 3.10. The number of pyridine rings is 1. The van der Waals surface area contributed by atoms with Crippen molar-refractivity contribution in [2.24, 2.45) is 5.92 Å². The highest BCUT2D eigenvalue weighted by Gasteiger charge is 2.18. The Kier molecular flexibility index (Phi) is 4.86. The molecule has 3 rings (SSSR count). The van der Waals surface area contributed by atoms with Crippen molar-refractivity contribution in [1.82, 2.24) is 4.98 Å². The van der Waals surface area contributed by atoms with Gasteiger partial charge in [0.1, 0.15) is 17.3 Å². The summed E-state index contributed by atoms with van der Waals surface area (Å²) in [6, 6.07) is 6.19. The van der Waals surface area contributed by atoms with Crippen LogP contribution in [0.15, 0.2) is 28.8 Å². The standard InChI is InChI=1S/C18H25N3O2/c1-13-9-16(14(2)23-13)10-19-18-4-3-17(11-20-18)21-7-5-15(12-22)6-8-21/h3-4,9,11,15,22H,5-8,10,12H2,1-2H3,(H,19,20). The Morgan fingerprint density at radius 3 is 2.65 bits per heavy atom. The summed E-state index contributed by atoms with van der Waals surface area (Å²) in [4.78, 5) is 6.85. The van der Waals surface area contributed by atoms with Crippen LogP contribution in [0.25, 0.3) is 0 Å². The van der Waals surface area contributed by atoms with E-state index in [2.05, 4.69) is 27.3 Å². The first-order valence-electron chi connectivity index (χ1n) is 8.27. The smallest absolute Gasteiger partial charge is 0.126 e. The number of aryl methyl sites for hydroxylation is 2. The average Bonchev–Trinajstić information content (AvgIpc) is 2.91. The highest BCUT2D eigenvalue weighted by Crippen LogP contribution is 2.23. The molecule has 23 heavy (non-hydrogen) atoms. The average molecular weight is 315 g/mol. The molecule has 1 aliphatic rings. The maximum absolute atomic E-state index is 9.21. The van der Waals surface area contributed by atoms with Gasteiger partial charge in [-0.05, 0) is 50.8 Å². The zero-order valence-electron chi connectivity index (χ0n) is 13.9. The van der Waals surface area contributed by atoms with E-state index in [4.69, 9.17) is 4.42 Å². The molecule has 0 saturated carbocycles. The summed E-state index contributed by atoms with van der Waals surface area (Å²) in [7, 11) is 0. The van der Waals surface area contributed by atoms with Crippen LogP contribution in [0.3, 0.4) is 0 Å². The summed E-state index contributed by atoms with van der Waals surface area (Å²) < 4.78 is 5.53. The van der Waals surface area contributed by atoms with E-state index in [-0.39, 0.29) is 0 Å². The molecule has 2 aromatic heterocycles. The van der Waals surface area contributed by atoms with E-state index in [9.17, 15) is 5.11 Å². The maximum atomic E-state index is 9.21. The molecule has 5 nitrogen and oxygen atoms in total. The Hall–Kier alpha value is -2.01. The van der Waals surface area contributed by atoms with Gasteiger partial charge in [0.2, 0.25) is 0 Å². The second-order valence-corrected chi connectivity index (χ2v) is 6.31.